The van der Waals surface area contributed by atoms with Gasteiger partial charge < -0.3 is 20.9 Å². The van der Waals surface area contributed by atoms with Crippen LogP contribution in [0, 0.1) is 11.3 Å². The molecule has 1 heterocycles. The Morgan fingerprint density at radius 1 is 1.30 bits per heavy atom. The molecule has 0 aromatic rings. The second-order valence-electron chi connectivity index (χ2n) is 7.21. The molecule has 114 valence electrons. The van der Waals surface area contributed by atoms with Gasteiger partial charge in [-0.3, -0.25) is 4.79 Å². The number of nitrogens with two attached hydrogens (primary N) is 1. The molecular weight excluding hydrogens is 256 g/mol. The fraction of sp³-hybridized carbons (Fsp3) is 0.933. The molecule has 20 heavy (non-hydrogen) atoms. The molecule has 3 unspecified atom stereocenters. The van der Waals surface area contributed by atoms with Crippen molar-refractivity contribution in [3.63, 3.8) is 0 Å². The Morgan fingerprint density at radius 3 is 2.70 bits per heavy atom. The summed E-state index contributed by atoms with van der Waals surface area (Å²) in [5.74, 6) is -0.00145. The number of aliphatic hydroxyl groups is 1. The summed E-state index contributed by atoms with van der Waals surface area (Å²) in [7, 11) is 0. The quantitative estimate of drug-likeness (QED) is 0.690. The van der Waals surface area contributed by atoms with Gasteiger partial charge in [-0.25, -0.2) is 0 Å². The number of carbonyl (C=O) groups excluding carboxylic acids is 1. The summed E-state index contributed by atoms with van der Waals surface area (Å²) in [4.78, 5) is 12.7. The third-order valence-corrected chi connectivity index (χ3v) is 5.88. The minimum atomic E-state index is -0.870. The van der Waals surface area contributed by atoms with Crippen LogP contribution in [0.25, 0.3) is 0 Å². The average molecular weight is 282 g/mol. The summed E-state index contributed by atoms with van der Waals surface area (Å²) in [5.41, 5.74) is 5.28. The second-order valence-corrected chi connectivity index (χ2v) is 7.21. The van der Waals surface area contributed by atoms with E-state index in [1.165, 1.54) is 0 Å². The molecule has 1 amide bonds. The van der Waals surface area contributed by atoms with Crippen LogP contribution >= 0.6 is 0 Å². The van der Waals surface area contributed by atoms with E-state index < -0.39 is 11.6 Å². The van der Waals surface area contributed by atoms with Gasteiger partial charge in [0.05, 0.1) is 18.2 Å². The van der Waals surface area contributed by atoms with E-state index >= 15 is 0 Å². The van der Waals surface area contributed by atoms with E-state index in [1.807, 2.05) is 13.8 Å². The van der Waals surface area contributed by atoms with Gasteiger partial charge in [-0.05, 0) is 19.3 Å². The Labute approximate surface area is 120 Å². The van der Waals surface area contributed by atoms with Crippen molar-refractivity contribution in [2.45, 2.75) is 69.7 Å². The van der Waals surface area contributed by atoms with Crippen molar-refractivity contribution in [3.05, 3.63) is 0 Å². The van der Waals surface area contributed by atoms with Crippen LogP contribution in [0.4, 0.5) is 0 Å². The van der Waals surface area contributed by atoms with Gasteiger partial charge in [0, 0.05) is 17.9 Å². The molecule has 3 aliphatic rings. The van der Waals surface area contributed by atoms with Crippen LogP contribution in [-0.2, 0) is 9.53 Å². The Bertz CT molecular complexity index is 412. The van der Waals surface area contributed by atoms with Gasteiger partial charge >= 0.3 is 0 Å². The standard InChI is InChI=1S/C15H26N2O3/c1-14(2)12-9(7-8-20-12)15(14,16)13(19)17-10-5-3-4-6-11(10)18/h9-12,18H,3-8,16H2,1-2H3,(H,17,19)/t9?,10-,11-,12?,15?/m0/s1. The number of aliphatic hydroxyl groups excluding tert-OH is 1. The van der Waals surface area contributed by atoms with Crippen LogP contribution in [-0.4, -0.2) is 41.4 Å². The number of nitrogens with one attached hydrogen (secondary N) is 1. The third-order valence-electron chi connectivity index (χ3n) is 5.88. The van der Waals surface area contributed by atoms with Crippen LogP contribution < -0.4 is 11.1 Å². The fourth-order valence-electron chi connectivity index (χ4n) is 4.41. The molecule has 5 atom stereocenters. The highest BCUT2D eigenvalue weighted by Gasteiger charge is 2.71. The summed E-state index contributed by atoms with van der Waals surface area (Å²) in [5, 5.41) is 13.0. The minimum absolute atomic E-state index is 0.0922. The molecule has 3 fully saturated rings. The highest BCUT2D eigenvalue weighted by molar-refractivity contribution is 5.89. The molecule has 0 radical (unpaired) electrons. The maximum atomic E-state index is 12.7. The van der Waals surface area contributed by atoms with Crippen LogP contribution in [0.5, 0.6) is 0 Å². The van der Waals surface area contributed by atoms with Crippen molar-refractivity contribution < 1.29 is 14.6 Å². The zero-order valence-corrected chi connectivity index (χ0v) is 12.4. The van der Waals surface area contributed by atoms with E-state index in [-0.39, 0.29) is 29.4 Å². The monoisotopic (exact) mass is 282 g/mol. The summed E-state index contributed by atoms with van der Waals surface area (Å²) in [6.45, 7) is 4.71. The summed E-state index contributed by atoms with van der Waals surface area (Å²) >= 11 is 0. The van der Waals surface area contributed by atoms with E-state index in [1.54, 1.807) is 0 Å². The summed E-state index contributed by atoms with van der Waals surface area (Å²) < 4.78 is 5.71. The first-order chi connectivity index (χ1) is 9.39. The third kappa shape index (κ3) is 1.76. The second kappa shape index (κ2) is 4.68. The van der Waals surface area contributed by atoms with E-state index in [0.29, 0.717) is 6.61 Å². The normalized spacial score (nSPS) is 46.4. The largest absolute Gasteiger partial charge is 0.391 e. The molecule has 2 aliphatic carbocycles. The lowest BCUT2D eigenvalue weighted by atomic mass is 9.48. The molecule has 0 aromatic heterocycles. The number of hydrogen-bond acceptors (Lipinski definition) is 4. The molecule has 5 heteroatoms. The first kappa shape index (κ1) is 14.3. The Balaban J connectivity index is 1.73. The van der Waals surface area contributed by atoms with Gasteiger partial charge in [0.15, 0.2) is 0 Å². The average Bonchev–Trinajstić information content (AvgIpc) is 2.88. The molecule has 1 saturated heterocycles. The van der Waals surface area contributed by atoms with Gasteiger partial charge in [0.2, 0.25) is 5.91 Å². The Kier molecular flexibility index (Phi) is 3.35. The molecule has 4 N–H and O–H groups in total. The highest BCUT2D eigenvalue weighted by atomic mass is 16.5. The van der Waals surface area contributed by atoms with Crippen molar-refractivity contribution in [2.24, 2.45) is 17.1 Å². The van der Waals surface area contributed by atoms with Gasteiger partial charge in [0.1, 0.15) is 5.54 Å². The van der Waals surface area contributed by atoms with E-state index in [9.17, 15) is 9.90 Å². The van der Waals surface area contributed by atoms with Crippen LogP contribution in [0.1, 0.15) is 46.0 Å². The van der Waals surface area contributed by atoms with E-state index in [0.717, 1.165) is 32.1 Å². The van der Waals surface area contributed by atoms with Crippen LogP contribution in [0.3, 0.4) is 0 Å². The van der Waals surface area contributed by atoms with Gasteiger partial charge in [-0.1, -0.05) is 26.7 Å². The molecule has 0 aromatic carbocycles. The SMILES string of the molecule is CC1(C)C2OCCC2C1(N)C(=O)N[C@H]1CCCC[C@@H]1O. The number of rotatable bonds is 2. The van der Waals surface area contributed by atoms with Crippen LogP contribution in [0.2, 0.25) is 0 Å². The molecule has 2 saturated carbocycles. The lowest BCUT2D eigenvalue weighted by molar-refractivity contribution is -0.176. The number of hydrogen-bond donors (Lipinski definition) is 3. The number of amides is 1. The van der Waals surface area contributed by atoms with Crippen molar-refractivity contribution in [2.75, 3.05) is 6.61 Å². The van der Waals surface area contributed by atoms with Crippen molar-refractivity contribution >= 4 is 5.91 Å². The Morgan fingerprint density at radius 2 is 2.00 bits per heavy atom. The topological polar surface area (TPSA) is 84.6 Å². The van der Waals surface area contributed by atoms with Crippen molar-refractivity contribution in [1.29, 1.82) is 0 Å². The fourth-order valence-corrected chi connectivity index (χ4v) is 4.41. The first-order valence-electron chi connectivity index (χ1n) is 7.78. The maximum Gasteiger partial charge on any atom is 0.241 e. The number of carbonyl (C=O) groups is 1. The number of fused-ring (bicyclic) bond motifs is 1. The molecule has 0 spiro atoms. The zero-order valence-electron chi connectivity index (χ0n) is 12.4. The van der Waals surface area contributed by atoms with Crippen LogP contribution in [0.15, 0.2) is 0 Å². The number of ether oxygens (including phenoxy) is 1. The minimum Gasteiger partial charge on any atom is -0.391 e. The maximum absolute atomic E-state index is 12.7. The molecular formula is C15H26N2O3. The zero-order chi connectivity index (χ0) is 14.5. The lowest BCUT2D eigenvalue weighted by Gasteiger charge is -2.61. The van der Waals surface area contributed by atoms with Gasteiger partial charge in [0.25, 0.3) is 0 Å². The lowest BCUT2D eigenvalue weighted by Crippen LogP contribution is -2.80. The molecule has 1 aliphatic heterocycles. The van der Waals surface area contributed by atoms with Gasteiger partial charge in [-0.2, -0.15) is 0 Å². The first-order valence-corrected chi connectivity index (χ1v) is 7.78. The molecule has 3 rings (SSSR count). The van der Waals surface area contributed by atoms with E-state index in [2.05, 4.69) is 5.32 Å². The summed E-state index contributed by atoms with van der Waals surface area (Å²) in [6.07, 6.45) is 4.20. The Hall–Kier alpha value is -0.650. The van der Waals surface area contributed by atoms with Gasteiger partial charge in [-0.15, -0.1) is 0 Å². The van der Waals surface area contributed by atoms with Crippen molar-refractivity contribution in [3.8, 4) is 0 Å². The predicted molar refractivity (Wildman–Crippen MR) is 75.0 cm³/mol. The molecule has 5 nitrogen and oxygen atoms in total. The molecule has 0 bridgehead atoms. The smallest absolute Gasteiger partial charge is 0.241 e. The van der Waals surface area contributed by atoms with E-state index in [4.69, 9.17) is 10.5 Å². The van der Waals surface area contributed by atoms with Crippen molar-refractivity contribution in [1.82, 2.24) is 5.32 Å². The summed E-state index contributed by atoms with van der Waals surface area (Å²) in [6, 6.07) is -0.145. The predicted octanol–water partition coefficient (Wildman–Crippen LogP) is 0.549. The highest BCUT2D eigenvalue weighted by Crippen LogP contribution is 2.58.